The van der Waals surface area contributed by atoms with Crippen molar-refractivity contribution in [2.75, 3.05) is 6.54 Å². The highest BCUT2D eigenvalue weighted by molar-refractivity contribution is 4.80. The molecule has 0 aliphatic carbocycles. The van der Waals surface area contributed by atoms with E-state index in [2.05, 4.69) is 43.1 Å². The predicted octanol–water partition coefficient (Wildman–Crippen LogP) is 2.60. The van der Waals surface area contributed by atoms with Gasteiger partial charge in [0.05, 0.1) is 6.54 Å². The molecule has 4 nitrogen and oxygen atoms in total. The van der Waals surface area contributed by atoms with E-state index in [1.54, 1.807) is 0 Å². The first-order valence-electron chi connectivity index (χ1n) is 6.60. The van der Waals surface area contributed by atoms with Crippen molar-refractivity contribution in [3.8, 4) is 0 Å². The van der Waals surface area contributed by atoms with E-state index in [0.29, 0.717) is 5.41 Å². The molecule has 4 heteroatoms. The average Bonchev–Trinajstić information content (AvgIpc) is 2.64. The Labute approximate surface area is 105 Å². The minimum Gasteiger partial charge on any atom is -0.310 e. The molecule has 0 amide bonds. The second-order valence-corrected chi connectivity index (χ2v) is 5.76. The maximum absolute atomic E-state index is 4.44. The van der Waals surface area contributed by atoms with E-state index < -0.39 is 0 Å². The van der Waals surface area contributed by atoms with Gasteiger partial charge in [-0.15, -0.1) is 0 Å². The Morgan fingerprint density at radius 2 is 2.12 bits per heavy atom. The second-order valence-electron chi connectivity index (χ2n) is 5.76. The number of nitrogens with zero attached hydrogens (tertiary/aromatic N) is 3. The van der Waals surface area contributed by atoms with Gasteiger partial charge in [-0.3, -0.25) is 4.68 Å². The van der Waals surface area contributed by atoms with Gasteiger partial charge in [0, 0.05) is 6.54 Å². The van der Waals surface area contributed by atoms with Crippen LogP contribution in [-0.2, 0) is 13.1 Å². The van der Waals surface area contributed by atoms with Gasteiger partial charge in [0.2, 0.25) is 0 Å². The van der Waals surface area contributed by atoms with Crippen LogP contribution in [0.15, 0.2) is 6.33 Å². The van der Waals surface area contributed by atoms with Crippen molar-refractivity contribution in [3.05, 3.63) is 12.2 Å². The summed E-state index contributed by atoms with van der Waals surface area (Å²) >= 11 is 0. The number of hydrogen-bond acceptors (Lipinski definition) is 3. The fraction of sp³-hybridized carbons (Fsp3) is 0.846. The normalized spacial score (nSPS) is 12.0. The van der Waals surface area contributed by atoms with E-state index in [0.717, 1.165) is 38.3 Å². The number of aromatic nitrogens is 3. The molecule has 0 atom stereocenters. The summed E-state index contributed by atoms with van der Waals surface area (Å²) in [5, 5.41) is 7.75. The van der Waals surface area contributed by atoms with Crippen LogP contribution in [0.1, 0.15) is 52.8 Å². The third-order valence-electron chi connectivity index (χ3n) is 2.61. The smallest absolute Gasteiger partial charge is 0.164 e. The van der Waals surface area contributed by atoms with Crippen molar-refractivity contribution in [2.24, 2.45) is 5.41 Å². The highest BCUT2D eigenvalue weighted by atomic mass is 15.3. The molecule has 1 heterocycles. The van der Waals surface area contributed by atoms with Gasteiger partial charge >= 0.3 is 0 Å². The fourth-order valence-corrected chi connectivity index (χ4v) is 1.67. The molecule has 0 saturated heterocycles. The summed E-state index contributed by atoms with van der Waals surface area (Å²) in [5.41, 5.74) is 0.409. The van der Waals surface area contributed by atoms with Crippen LogP contribution in [0.4, 0.5) is 0 Å². The molecule has 0 radical (unpaired) electrons. The lowest BCUT2D eigenvalue weighted by Gasteiger charge is -2.17. The average molecular weight is 238 g/mol. The van der Waals surface area contributed by atoms with Gasteiger partial charge in [-0.2, -0.15) is 5.10 Å². The monoisotopic (exact) mass is 238 g/mol. The third-order valence-corrected chi connectivity index (χ3v) is 2.61. The minimum atomic E-state index is 0.409. The highest BCUT2D eigenvalue weighted by Gasteiger charge is 2.09. The Bertz CT molecular complexity index is 311. The van der Waals surface area contributed by atoms with Crippen molar-refractivity contribution in [1.82, 2.24) is 20.1 Å². The quantitative estimate of drug-likeness (QED) is 0.743. The van der Waals surface area contributed by atoms with Crippen LogP contribution >= 0.6 is 0 Å². The first kappa shape index (κ1) is 14.2. The summed E-state index contributed by atoms with van der Waals surface area (Å²) < 4.78 is 1.95. The molecule has 0 aromatic carbocycles. The molecule has 0 aliphatic rings. The Morgan fingerprint density at radius 3 is 2.76 bits per heavy atom. The molecular weight excluding hydrogens is 212 g/mol. The van der Waals surface area contributed by atoms with E-state index in [-0.39, 0.29) is 0 Å². The highest BCUT2D eigenvalue weighted by Crippen LogP contribution is 2.20. The van der Waals surface area contributed by atoms with Gasteiger partial charge in [-0.1, -0.05) is 27.7 Å². The van der Waals surface area contributed by atoms with Crippen LogP contribution in [0.3, 0.4) is 0 Å². The lowest BCUT2D eigenvalue weighted by Crippen LogP contribution is -2.15. The van der Waals surface area contributed by atoms with Crippen LogP contribution < -0.4 is 5.32 Å². The first-order chi connectivity index (χ1) is 8.01. The SMILES string of the molecule is CCCNCc1ncn(CCCC(C)(C)C)n1. The maximum atomic E-state index is 4.44. The van der Waals surface area contributed by atoms with Crippen molar-refractivity contribution in [2.45, 2.75) is 60.0 Å². The Balaban J connectivity index is 2.26. The Kier molecular flexibility index (Phi) is 5.62. The molecule has 0 bridgehead atoms. The van der Waals surface area contributed by atoms with Gasteiger partial charge in [-0.05, 0) is 31.2 Å². The van der Waals surface area contributed by atoms with E-state index >= 15 is 0 Å². The number of aryl methyl sites for hydroxylation is 1. The van der Waals surface area contributed by atoms with Crippen molar-refractivity contribution >= 4 is 0 Å². The van der Waals surface area contributed by atoms with Gasteiger partial charge in [0.1, 0.15) is 6.33 Å². The van der Waals surface area contributed by atoms with Crippen LogP contribution in [0.25, 0.3) is 0 Å². The first-order valence-corrected chi connectivity index (χ1v) is 6.60. The molecule has 1 rings (SSSR count). The number of hydrogen-bond donors (Lipinski definition) is 1. The standard InChI is InChI=1S/C13H26N4/c1-5-8-14-10-12-15-11-17(16-12)9-6-7-13(2,3)4/h11,14H,5-10H2,1-4H3. The van der Waals surface area contributed by atoms with E-state index in [1.807, 2.05) is 11.0 Å². The van der Waals surface area contributed by atoms with Gasteiger partial charge in [0.25, 0.3) is 0 Å². The lowest BCUT2D eigenvalue weighted by molar-refractivity contribution is 0.348. The summed E-state index contributed by atoms with van der Waals surface area (Å²) in [4.78, 5) is 4.29. The summed E-state index contributed by atoms with van der Waals surface area (Å²) in [6, 6.07) is 0. The van der Waals surface area contributed by atoms with Crippen LogP contribution in [0.2, 0.25) is 0 Å². The van der Waals surface area contributed by atoms with Gasteiger partial charge < -0.3 is 5.32 Å². The molecule has 0 aliphatic heterocycles. The topological polar surface area (TPSA) is 42.7 Å². The van der Waals surface area contributed by atoms with Crippen LogP contribution in [-0.4, -0.2) is 21.3 Å². The van der Waals surface area contributed by atoms with Crippen LogP contribution in [0, 0.1) is 5.41 Å². The summed E-state index contributed by atoms with van der Waals surface area (Å²) in [5.74, 6) is 0.897. The van der Waals surface area contributed by atoms with Crippen LogP contribution in [0.5, 0.6) is 0 Å². The molecule has 1 aromatic heterocycles. The number of rotatable bonds is 7. The fourth-order valence-electron chi connectivity index (χ4n) is 1.67. The van der Waals surface area contributed by atoms with Gasteiger partial charge in [0.15, 0.2) is 5.82 Å². The Hall–Kier alpha value is -0.900. The van der Waals surface area contributed by atoms with Crippen molar-refractivity contribution in [1.29, 1.82) is 0 Å². The summed E-state index contributed by atoms with van der Waals surface area (Å²) in [7, 11) is 0. The van der Waals surface area contributed by atoms with E-state index in [9.17, 15) is 0 Å². The zero-order chi connectivity index (χ0) is 12.7. The van der Waals surface area contributed by atoms with E-state index in [1.165, 1.54) is 6.42 Å². The summed E-state index contributed by atoms with van der Waals surface area (Å²) in [6.45, 7) is 11.7. The molecule has 0 spiro atoms. The molecule has 98 valence electrons. The second kappa shape index (κ2) is 6.74. The molecule has 0 unspecified atom stereocenters. The largest absolute Gasteiger partial charge is 0.310 e. The molecule has 1 aromatic rings. The number of nitrogens with one attached hydrogen (secondary N) is 1. The van der Waals surface area contributed by atoms with Crippen molar-refractivity contribution in [3.63, 3.8) is 0 Å². The van der Waals surface area contributed by atoms with Crippen molar-refractivity contribution < 1.29 is 0 Å². The summed E-state index contributed by atoms with van der Waals surface area (Å²) in [6.07, 6.45) is 5.36. The molecule has 0 saturated carbocycles. The molecular formula is C13H26N4. The predicted molar refractivity (Wildman–Crippen MR) is 70.7 cm³/mol. The van der Waals surface area contributed by atoms with Gasteiger partial charge in [-0.25, -0.2) is 4.98 Å². The van der Waals surface area contributed by atoms with E-state index in [4.69, 9.17) is 0 Å². The molecule has 0 fully saturated rings. The lowest BCUT2D eigenvalue weighted by atomic mass is 9.91. The minimum absolute atomic E-state index is 0.409. The zero-order valence-electron chi connectivity index (χ0n) is 11.7. The Morgan fingerprint density at radius 1 is 1.35 bits per heavy atom. The zero-order valence-corrected chi connectivity index (χ0v) is 11.7. The molecule has 1 N–H and O–H groups in total. The third kappa shape index (κ3) is 6.41. The maximum Gasteiger partial charge on any atom is 0.164 e. The molecule has 17 heavy (non-hydrogen) atoms.